The van der Waals surface area contributed by atoms with Crippen LogP contribution in [-0.4, -0.2) is 25.5 Å². The number of benzene rings is 2. The van der Waals surface area contributed by atoms with Crippen LogP contribution in [0.5, 0.6) is 17.2 Å². The molecule has 0 unspecified atom stereocenters. The highest BCUT2D eigenvalue weighted by Crippen LogP contribution is 2.32. The second kappa shape index (κ2) is 7.79. The molecule has 2 aromatic rings. The number of nitrogens with one attached hydrogen (secondary N) is 2. The van der Waals surface area contributed by atoms with Crippen LogP contribution in [0.25, 0.3) is 0 Å². The minimum absolute atomic E-state index is 0.114. The van der Waals surface area contributed by atoms with Crippen LogP contribution < -0.4 is 24.8 Å². The predicted octanol–water partition coefficient (Wildman–Crippen LogP) is 2.99. The first-order chi connectivity index (χ1) is 12.1. The Balaban J connectivity index is 1.41. The van der Waals surface area contributed by atoms with Gasteiger partial charge in [0.25, 0.3) is 0 Å². The Morgan fingerprint density at radius 1 is 1.20 bits per heavy atom. The van der Waals surface area contributed by atoms with Crippen LogP contribution in [0.2, 0.25) is 0 Å². The van der Waals surface area contributed by atoms with Crippen molar-refractivity contribution < 1.29 is 19.0 Å². The largest absolute Gasteiger partial charge is 0.491 e. The summed E-state index contributed by atoms with van der Waals surface area (Å²) in [6.07, 6.45) is 0. The molecule has 2 aromatic carbocycles. The van der Waals surface area contributed by atoms with Crippen LogP contribution in [0.4, 0.5) is 4.79 Å². The number of amides is 2. The van der Waals surface area contributed by atoms with Gasteiger partial charge in [-0.3, -0.25) is 0 Å². The second-order valence-electron chi connectivity index (χ2n) is 6.04. The average molecular weight is 342 g/mol. The van der Waals surface area contributed by atoms with Gasteiger partial charge in [-0.15, -0.1) is 0 Å². The van der Waals surface area contributed by atoms with Gasteiger partial charge in [0, 0.05) is 6.54 Å². The zero-order chi connectivity index (χ0) is 17.6. The summed E-state index contributed by atoms with van der Waals surface area (Å²) >= 11 is 0. The van der Waals surface area contributed by atoms with Crippen LogP contribution in [0.1, 0.15) is 18.1 Å². The fraction of sp³-hybridized carbons (Fsp3) is 0.316. The van der Waals surface area contributed by atoms with E-state index < -0.39 is 0 Å². The molecule has 3 rings (SSSR count). The smallest absolute Gasteiger partial charge is 0.315 e. The summed E-state index contributed by atoms with van der Waals surface area (Å²) in [4.78, 5) is 12.0. The minimum Gasteiger partial charge on any atom is -0.491 e. The molecule has 132 valence electrons. The van der Waals surface area contributed by atoms with Gasteiger partial charge in [-0.2, -0.15) is 0 Å². The van der Waals surface area contributed by atoms with Crippen molar-refractivity contribution in [3.8, 4) is 17.2 Å². The molecule has 0 saturated heterocycles. The van der Waals surface area contributed by atoms with E-state index in [1.165, 1.54) is 0 Å². The van der Waals surface area contributed by atoms with Crippen molar-refractivity contribution in [3.05, 3.63) is 53.6 Å². The van der Waals surface area contributed by atoms with Crippen LogP contribution in [-0.2, 0) is 6.54 Å². The van der Waals surface area contributed by atoms with Crippen molar-refractivity contribution in [3.63, 3.8) is 0 Å². The molecule has 25 heavy (non-hydrogen) atoms. The summed E-state index contributed by atoms with van der Waals surface area (Å²) in [6.45, 7) is 4.97. The number of fused-ring (bicyclic) bond motifs is 1. The maximum absolute atomic E-state index is 12.0. The first kappa shape index (κ1) is 17.0. The number of urea groups is 1. The minimum atomic E-state index is -0.238. The highest BCUT2D eigenvalue weighted by Gasteiger charge is 2.14. The van der Waals surface area contributed by atoms with Crippen LogP contribution in [0.15, 0.2) is 42.5 Å². The topological polar surface area (TPSA) is 68.8 Å². The van der Waals surface area contributed by atoms with Gasteiger partial charge < -0.3 is 24.8 Å². The van der Waals surface area contributed by atoms with E-state index in [4.69, 9.17) is 14.2 Å². The van der Waals surface area contributed by atoms with Crippen molar-refractivity contribution >= 4 is 6.03 Å². The van der Waals surface area contributed by atoms with E-state index in [-0.39, 0.29) is 18.9 Å². The molecule has 0 bridgehead atoms. The van der Waals surface area contributed by atoms with Crippen molar-refractivity contribution in [1.29, 1.82) is 0 Å². The lowest BCUT2D eigenvalue weighted by Gasteiger charge is -2.16. The highest BCUT2D eigenvalue weighted by molar-refractivity contribution is 5.74. The number of hydrogen-bond donors (Lipinski definition) is 2. The summed E-state index contributed by atoms with van der Waals surface area (Å²) < 4.78 is 16.3. The molecule has 0 spiro atoms. The summed E-state index contributed by atoms with van der Waals surface area (Å²) in [5, 5.41) is 5.68. The van der Waals surface area contributed by atoms with Gasteiger partial charge in [-0.05, 0) is 49.2 Å². The first-order valence-corrected chi connectivity index (χ1v) is 8.22. The zero-order valence-electron chi connectivity index (χ0n) is 14.4. The molecule has 1 heterocycles. The molecular weight excluding hydrogens is 320 g/mol. The number of carbonyl (C=O) groups excluding carboxylic acids is 1. The third-order valence-corrected chi connectivity index (χ3v) is 3.76. The van der Waals surface area contributed by atoms with E-state index in [9.17, 15) is 4.79 Å². The molecule has 2 N–H and O–H groups in total. The van der Waals surface area contributed by atoms with Crippen LogP contribution in [0, 0.1) is 6.92 Å². The Bertz CT molecular complexity index is 748. The number of rotatable bonds is 6. The molecule has 2 amide bonds. The predicted molar refractivity (Wildman–Crippen MR) is 94.1 cm³/mol. The van der Waals surface area contributed by atoms with Crippen LogP contribution in [0.3, 0.4) is 0 Å². The van der Waals surface area contributed by atoms with Gasteiger partial charge in [-0.1, -0.05) is 18.2 Å². The Kier molecular flexibility index (Phi) is 5.28. The summed E-state index contributed by atoms with van der Waals surface area (Å²) in [5.74, 6) is 2.24. The quantitative estimate of drug-likeness (QED) is 0.847. The number of ether oxygens (including phenoxy) is 3. The van der Waals surface area contributed by atoms with Crippen molar-refractivity contribution in [1.82, 2.24) is 10.6 Å². The van der Waals surface area contributed by atoms with E-state index in [1.807, 2.05) is 56.3 Å². The van der Waals surface area contributed by atoms with Gasteiger partial charge in [0.05, 0.1) is 6.04 Å². The van der Waals surface area contributed by atoms with Gasteiger partial charge in [-0.25, -0.2) is 4.79 Å². The van der Waals surface area contributed by atoms with Gasteiger partial charge >= 0.3 is 6.03 Å². The Morgan fingerprint density at radius 3 is 2.88 bits per heavy atom. The maximum Gasteiger partial charge on any atom is 0.315 e. The molecule has 6 heteroatoms. The van der Waals surface area contributed by atoms with Crippen LogP contribution >= 0.6 is 0 Å². The molecule has 1 aliphatic heterocycles. The van der Waals surface area contributed by atoms with E-state index in [1.54, 1.807) is 0 Å². The molecular formula is C19H22N2O4. The van der Waals surface area contributed by atoms with Gasteiger partial charge in [0.1, 0.15) is 12.4 Å². The van der Waals surface area contributed by atoms with E-state index in [2.05, 4.69) is 10.6 Å². The van der Waals surface area contributed by atoms with Crippen molar-refractivity contribution in [2.24, 2.45) is 0 Å². The van der Waals surface area contributed by atoms with E-state index >= 15 is 0 Å². The molecule has 0 fully saturated rings. The summed E-state index contributed by atoms with van der Waals surface area (Å²) in [5.41, 5.74) is 2.09. The zero-order valence-corrected chi connectivity index (χ0v) is 14.4. The Labute approximate surface area is 147 Å². The first-order valence-electron chi connectivity index (χ1n) is 8.22. The summed E-state index contributed by atoms with van der Waals surface area (Å²) in [7, 11) is 0. The summed E-state index contributed by atoms with van der Waals surface area (Å²) in [6, 6.07) is 13.1. The van der Waals surface area contributed by atoms with Gasteiger partial charge in [0.15, 0.2) is 11.5 Å². The normalized spacial score (nSPS) is 13.2. The molecule has 0 aliphatic carbocycles. The lowest BCUT2D eigenvalue weighted by Crippen LogP contribution is -2.42. The molecule has 6 nitrogen and oxygen atoms in total. The third kappa shape index (κ3) is 4.79. The Morgan fingerprint density at radius 2 is 2.04 bits per heavy atom. The molecule has 0 aromatic heterocycles. The monoisotopic (exact) mass is 342 g/mol. The molecule has 0 radical (unpaired) electrons. The SMILES string of the molecule is Cc1cccc(OC[C@H](C)NC(=O)NCc2ccc3c(c2)OCO3)c1. The lowest BCUT2D eigenvalue weighted by atomic mass is 10.2. The lowest BCUT2D eigenvalue weighted by molar-refractivity contribution is 0.174. The molecule has 0 saturated carbocycles. The number of hydrogen-bond acceptors (Lipinski definition) is 4. The van der Waals surface area contributed by atoms with E-state index in [0.717, 1.165) is 22.6 Å². The maximum atomic E-state index is 12.0. The fourth-order valence-electron chi connectivity index (χ4n) is 2.48. The van der Waals surface area contributed by atoms with Gasteiger partial charge in [0.2, 0.25) is 6.79 Å². The Hall–Kier alpha value is -2.89. The fourth-order valence-corrected chi connectivity index (χ4v) is 2.48. The second-order valence-corrected chi connectivity index (χ2v) is 6.04. The molecule has 1 atom stereocenters. The number of aryl methyl sites for hydroxylation is 1. The third-order valence-electron chi connectivity index (χ3n) is 3.76. The average Bonchev–Trinajstić information content (AvgIpc) is 3.06. The molecule has 1 aliphatic rings. The number of carbonyl (C=O) groups is 1. The van der Waals surface area contributed by atoms with E-state index in [0.29, 0.717) is 18.9 Å². The van der Waals surface area contributed by atoms with Crippen molar-refractivity contribution in [2.45, 2.75) is 26.4 Å². The highest BCUT2D eigenvalue weighted by atomic mass is 16.7. The van der Waals surface area contributed by atoms with Crippen molar-refractivity contribution in [2.75, 3.05) is 13.4 Å². The standard InChI is InChI=1S/C19H22N2O4/c1-13-4-3-5-16(8-13)23-11-14(2)21-19(22)20-10-15-6-7-17-18(9-15)25-12-24-17/h3-9,14H,10-12H2,1-2H3,(H2,20,21,22)/t14-/m0/s1.